The molecular formula is C16H23BrO. The van der Waals surface area contributed by atoms with Crippen LogP contribution in [0.2, 0.25) is 0 Å². The summed E-state index contributed by atoms with van der Waals surface area (Å²) < 4.78 is 1.12. The van der Waals surface area contributed by atoms with E-state index < -0.39 is 5.60 Å². The molecule has 1 aliphatic rings. The molecule has 0 aromatic heterocycles. The van der Waals surface area contributed by atoms with Gasteiger partial charge in [0.2, 0.25) is 0 Å². The van der Waals surface area contributed by atoms with Crippen LogP contribution in [0.5, 0.6) is 0 Å². The molecule has 0 bridgehead atoms. The zero-order chi connectivity index (χ0) is 13.2. The van der Waals surface area contributed by atoms with Gasteiger partial charge in [-0.1, -0.05) is 60.8 Å². The van der Waals surface area contributed by atoms with Gasteiger partial charge in [-0.05, 0) is 36.3 Å². The van der Waals surface area contributed by atoms with Crippen molar-refractivity contribution in [1.29, 1.82) is 0 Å². The molecule has 0 heterocycles. The molecule has 1 fully saturated rings. The summed E-state index contributed by atoms with van der Waals surface area (Å²) in [6.45, 7) is 4.47. The van der Waals surface area contributed by atoms with E-state index in [9.17, 15) is 5.11 Å². The van der Waals surface area contributed by atoms with E-state index in [4.69, 9.17) is 0 Å². The molecule has 2 unspecified atom stereocenters. The minimum absolute atomic E-state index is 0.429. The van der Waals surface area contributed by atoms with Crippen molar-refractivity contribution < 1.29 is 5.11 Å². The molecule has 18 heavy (non-hydrogen) atoms. The van der Waals surface area contributed by atoms with Crippen LogP contribution in [0, 0.1) is 11.8 Å². The molecule has 1 aromatic carbocycles. The highest BCUT2D eigenvalue weighted by Gasteiger charge is 2.40. The lowest BCUT2D eigenvalue weighted by atomic mass is 9.68. The van der Waals surface area contributed by atoms with Gasteiger partial charge in [0.1, 0.15) is 0 Å². The molecule has 2 rings (SSSR count). The molecule has 1 aliphatic carbocycles. The SMILES string of the molecule is CC(C)C1CCCCC1(O)Cc1ccccc1Br. The molecule has 1 nitrogen and oxygen atoms in total. The Kier molecular flexibility index (Phi) is 4.50. The van der Waals surface area contributed by atoms with Gasteiger partial charge in [0.25, 0.3) is 0 Å². The van der Waals surface area contributed by atoms with Gasteiger partial charge in [-0.25, -0.2) is 0 Å². The monoisotopic (exact) mass is 310 g/mol. The summed E-state index contributed by atoms with van der Waals surface area (Å²) in [5.41, 5.74) is 0.712. The van der Waals surface area contributed by atoms with E-state index in [0.29, 0.717) is 11.8 Å². The van der Waals surface area contributed by atoms with Gasteiger partial charge in [-0.2, -0.15) is 0 Å². The van der Waals surface area contributed by atoms with Crippen LogP contribution >= 0.6 is 15.9 Å². The summed E-state index contributed by atoms with van der Waals surface area (Å²) in [7, 11) is 0. The van der Waals surface area contributed by atoms with E-state index in [0.717, 1.165) is 23.7 Å². The first-order valence-electron chi connectivity index (χ1n) is 6.99. The Morgan fingerprint density at radius 1 is 1.33 bits per heavy atom. The quantitative estimate of drug-likeness (QED) is 0.867. The number of halogens is 1. The van der Waals surface area contributed by atoms with Crippen molar-refractivity contribution in [3.8, 4) is 0 Å². The summed E-state index contributed by atoms with van der Waals surface area (Å²) in [5, 5.41) is 11.1. The first-order valence-corrected chi connectivity index (χ1v) is 7.78. The highest BCUT2D eigenvalue weighted by molar-refractivity contribution is 9.10. The number of benzene rings is 1. The van der Waals surface area contributed by atoms with Crippen LogP contribution in [0.25, 0.3) is 0 Å². The smallest absolute Gasteiger partial charge is 0.0718 e. The topological polar surface area (TPSA) is 20.2 Å². The van der Waals surface area contributed by atoms with E-state index in [2.05, 4.69) is 48.0 Å². The number of aliphatic hydroxyl groups is 1. The third-order valence-electron chi connectivity index (χ3n) is 4.32. The predicted molar refractivity (Wildman–Crippen MR) is 79.6 cm³/mol. The van der Waals surface area contributed by atoms with Crippen LogP contribution in [0.3, 0.4) is 0 Å². The second-order valence-corrected chi connectivity index (χ2v) is 6.82. The van der Waals surface area contributed by atoms with E-state index in [-0.39, 0.29) is 0 Å². The third kappa shape index (κ3) is 2.97. The zero-order valence-electron chi connectivity index (χ0n) is 11.3. The standard InChI is InChI=1S/C16H23BrO/c1-12(2)14-8-5-6-10-16(14,18)11-13-7-3-4-9-15(13)17/h3-4,7,9,12,14,18H,5-6,8,10-11H2,1-2H3. The van der Waals surface area contributed by atoms with Gasteiger partial charge in [-0.3, -0.25) is 0 Å². The fraction of sp³-hybridized carbons (Fsp3) is 0.625. The van der Waals surface area contributed by atoms with Crippen LogP contribution in [0.15, 0.2) is 28.7 Å². The van der Waals surface area contributed by atoms with Crippen LogP contribution in [-0.2, 0) is 6.42 Å². The van der Waals surface area contributed by atoms with E-state index in [1.54, 1.807) is 0 Å². The Balaban J connectivity index is 2.21. The highest BCUT2D eigenvalue weighted by atomic mass is 79.9. The van der Waals surface area contributed by atoms with Crippen molar-refractivity contribution in [3.05, 3.63) is 34.3 Å². The van der Waals surface area contributed by atoms with Crippen molar-refractivity contribution in [2.45, 2.75) is 51.6 Å². The van der Waals surface area contributed by atoms with Gasteiger partial charge >= 0.3 is 0 Å². The van der Waals surface area contributed by atoms with Crippen LogP contribution < -0.4 is 0 Å². The fourth-order valence-electron chi connectivity index (χ4n) is 3.39. The molecule has 1 aromatic rings. The molecule has 0 aliphatic heterocycles. The van der Waals surface area contributed by atoms with Crippen molar-refractivity contribution >= 4 is 15.9 Å². The van der Waals surface area contributed by atoms with E-state index >= 15 is 0 Å². The van der Waals surface area contributed by atoms with Crippen molar-refractivity contribution in [2.75, 3.05) is 0 Å². The Hall–Kier alpha value is -0.340. The van der Waals surface area contributed by atoms with E-state index in [1.165, 1.54) is 18.4 Å². The summed E-state index contributed by atoms with van der Waals surface area (Å²) in [5.74, 6) is 0.983. The molecule has 1 N–H and O–H groups in total. The molecule has 1 saturated carbocycles. The minimum atomic E-state index is -0.518. The number of hydrogen-bond donors (Lipinski definition) is 1. The molecule has 2 atom stereocenters. The molecule has 0 saturated heterocycles. The van der Waals surface area contributed by atoms with Gasteiger partial charge in [0.05, 0.1) is 5.60 Å². The summed E-state index contributed by atoms with van der Waals surface area (Å²) in [6, 6.07) is 8.26. The average molecular weight is 311 g/mol. The second-order valence-electron chi connectivity index (χ2n) is 5.97. The second kappa shape index (κ2) is 5.75. The lowest BCUT2D eigenvalue weighted by molar-refractivity contribution is -0.0653. The van der Waals surface area contributed by atoms with Gasteiger partial charge in [-0.15, -0.1) is 0 Å². The Labute approximate surface area is 119 Å². The Morgan fingerprint density at radius 3 is 2.72 bits per heavy atom. The maximum Gasteiger partial charge on any atom is 0.0718 e. The Morgan fingerprint density at radius 2 is 2.06 bits per heavy atom. The number of hydrogen-bond acceptors (Lipinski definition) is 1. The van der Waals surface area contributed by atoms with E-state index in [1.807, 2.05) is 6.07 Å². The summed E-state index contributed by atoms with van der Waals surface area (Å²) in [6.07, 6.45) is 5.30. The molecular weight excluding hydrogens is 288 g/mol. The largest absolute Gasteiger partial charge is 0.389 e. The first kappa shape index (κ1) is 14.1. The van der Waals surface area contributed by atoms with Crippen molar-refractivity contribution in [1.82, 2.24) is 0 Å². The first-order chi connectivity index (χ1) is 8.53. The molecule has 0 amide bonds. The minimum Gasteiger partial charge on any atom is -0.389 e. The Bertz CT molecular complexity index is 402. The summed E-state index contributed by atoms with van der Waals surface area (Å²) in [4.78, 5) is 0. The number of rotatable bonds is 3. The lowest BCUT2D eigenvalue weighted by Gasteiger charge is -2.42. The fourth-order valence-corrected chi connectivity index (χ4v) is 3.82. The van der Waals surface area contributed by atoms with Crippen molar-refractivity contribution in [2.24, 2.45) is 11.8 Å². The maximum absolute atomic E-state index is 11.1. The normalized spacial score (nSPS) is 28.6. The third-order valence-corrected chi connectivity index (χ3v) is 5.10. The predicted octanol–water partition coefficient (Wildman–Crippen LogP) is 4.57. The molecule has 2 heteroatoms. The van der Waals surface area contributed by atoms with Crippen molar-refractivity contribution in [3.63, 3.8) is 0 Å². The molecule has 0 radical (unpaired) electrons. The van der Waals surface area contributed by atoms with Gasteiger partial charge in [0.15, 0.2) is 0 Å². The van der Waals surface area contributed by atoms with Crippen LogP contribution in [-0.4, -0.2) is 10.7 Å². The highest BCUT2D eigenvalue weighted by Crippen LogP contribution is 2.41. The molecule has 100 valence electrons. The van der Waals surface area contributed by atoms with Gasteiger partial charge < -0.3 is 5.11 Å². The zero-order valence-corrected chi connectivity index (χ0v) is 12.9. The van der Waals surface area contributed by atoms with Crippen LogP contribution in [0.1, 0.15) is 45.1 Å². The summed E-state index contributed by atoms with van der Waals surface area (Å²) >= 11 is 3.59. The average Bonchev–Trinajstić information content (AvgIpc) is 2.32. The van der Waals surface area contributed by atoms with Crippen LogP contribution in [0.4, 0.5) is 0 Å². The molecule has 0 spiro atoms. The van der Waals surface area contributed by atoms with Gasteiger partial charge in [0, 0.05) is 10.9 Å². The maximum atomic E-state index is 11.1. The lowest BCUT2D eigenvalue weighted by Crippen LogP contribution is -2.45.